The number of nitrogens with one attached hydrogen (secondary N) is 2. The number of aryl methyl sites for hydroxylation is 3. The van der Waals surface area contributed by atoms with Crippen molar-refractivity contribution in [3.8, 4) is 0 Å². The van der Waals surface area contributed by atoms with Gasteiger partial charge >= 0.3 is 0 Å². The van der Waals surface area contributed by atoms with Crippen LogP contribution in [0.25, 0.3) is 0 Å². The fourth-order valence-electron chi connectivity index (χ4n) is 2.95. The lowest BCUT2D eigenvalue weighted by molar-refractivity contribution is -0.124. The number of hydrogen-bond acceptors (Lipinski definition) is 3. The first kappa shape index (κ1) is 17.0. The summed E-state index contributed by atoms with van der Waals surface area (Å²) in [5.74, 6) is 0.0131. The third-order valence-electron chi connectivity index (χ3n) is 4.21. The minimum absolute atomic E-state index is 0.0131. The van der Waals surface area contributed by atoms with E-state index in [2.05, 4.69) is 26.4 Å². The predicted octanol–water partition coefficient (Wildman–Crippen LogP) is 2.01. The van der Waals surface area contributed by atoms with Gasteiger partial charge in [0, 0.05) is 49.5 Å². The first-order valence-corrected chi connectivity index (χ1v) is 8.52. The summed E-state index contributed by atoms with van der Waals surface area (Å²) in [7, 11) is 0. The molecule has 0 spiro atoms. The van der Waals surface area contributed by atoms with Crippen LogP contribution in [0.5, 0.6) is 0 Å². The Balaban J connectivity index is 1.54. The molecule has 3 heterocycles. The number of carbonyl (C=O) groups is 1. The van der Waals surface area contributed by atoms with E-state index in [0.717, 1.165) is 30.0 Å². The molecule has 0 aliphatic carbocycles. The number of imidazole rings is 1. The lowest BCUT2D eigenvalue weighted by Crippen LogP contribution is -2.34. The Morgan fingerprint density at radius 3 is 2.76 bits per heavy atom. The van der Waals surface area contributed by atoms with Gasteiger partial charge in [0.05, 0.1) is 12.0 Å². The molecule has 0 fully saturated rings. The number of amides is 1. The second kappa shape index (κ2) is 7.83. The fourth-order valence-corrected chi connectivity index (χ4v) is 2.95. The van der Waals surface area contributed by atoms with E-state index in [9.17, 15) is 4.79 Å². The van der Waals surface area contributed by atoms with Gasteiger partial charge in [-0.25, -0.2) is 4.98 Å². The molecule has 7 heteroatoms. The number of aromatic nitrogens is 5. The van der Waals surface area contributed by atoms with E-state index < -0.39 is 0 Å². The van der Waals surface area contributed by atoms with E-state index in [0.29, 0.717) is 13.0 Å². The van der Waals surface area contributed by atoms with Crippen LogP contribution in [0, 0.1) is 13.8 Å². The molecule has 3 rings (SSSR count). The summed E-state index contributed by atoms with van der Waals surface area (Å²) < 4.78 is 3.91. The van der Waals surface area contributed by atoms with Gasteiger partial charge in [0.15, 0.2) is 0 Å². The molecule has 1 unspecified atom stereocenters. The standard InChI is InChI=1S/C18H24N6O/c1-14-10-15(2)24(22-14)9-5-6-20-18(25)17(23-7-3-4-8-23)11-16-12-19-13-21-16/h3-4,7-8,10,12-13,17H,5-6,9,11H2,1-2H3,(H,19,21)(H,20,25). The molecule has 3 aromatic rings. The minimum Gasteiger partial charge on any atom is -0.354 e. The molecule has 7 nitrogen and oxygen atoms in total. The number of hydrogen-bond donors (Lipinski definition) is 2. The van der Waals surface area contributed by atoms with E-state index >= 15 is 0 Å². The fraction of sp³-hybridized carbons (Fsp3) is 0.389. The molecule has 1 amide bonds. The molecule has 3 aromatic heterocycles. The molecule has 0 saturated heterocycles. The van der Waals surface area contributed by atoms with Crippen molar-refractivity contribution < 1.29 is 4.79 Å². The Kier molecular flexibility index (Phi) is 5.33. The molecule has 0 bridgehead atoms. The molecule has 2 N–H and O–H groups in total. The van der Waals surface area contributed by atoms with Gasteiger partial charge in [-0.3, -0.25) is 9.48 Å². The van der Waals surface area contributed by atoms with Crippen molar-refractivity contribution in [1.29, 1.82) is 0 Å². The topological polar surface area (TPSA) is 80.5 Å². The van der Waals surface area contributed by atoms with Gasteiger partial charge in [-0.05, 0) is 38.5 Å². The Morgan fingerprint density at radius 2 is 2.12 bits per heavy atom. The van der Waals surface area contributed by atoms with Gasteiger partial charge in [-0.1, -0.05) is 0 Å². The van der Waals surface area contributed by atoms with Gasteiger partial charge in [0.2, 0.25) is 5.91 Å². The maximum atomic E-state index is 12.7. The van der Waals surface area contributed by atoms with Gasteiger partial charge in [-0.15, -0.1) is 0 Å². The summed E-state index contributed by atoms with van der Waals surface area (Å²) >= 11 is 0. The normalized spacial score (nSPS) is 12.2. The highest BCUT2D eigenvalue weighted by atomic mass is 16.2. The summed E-state index contributed by atoms with van der Waals surface area (Å²) in [5.41, 5.74) is 3.11. The van der Waals surface area contributed by atoms with Crippen LogP contribution < -0.4 is 5.32 Å². The summed E-state index contributed by atoms with van der Waals surface area (Å²) in [6, 6.07) is 5.63. The van der Waals surface area contributed by atoms with Crippen LogP contribution in [0.2, 0.25) is 0 Å². The van der Waals surface area contributed by atoms with Crippen molar-refractivity contribution in [3.63, 3.8) is 0 Å². The van der Waals surface area contributed by atoms with Crippen molar-refractivity contribution in [2.75, 3.05) is 6.54 Å². The average molecular weight is 340 g/mol. The summed E-state index contributed by atoms with van der Waals surface area (Å²) in [6.45, 7) is 5.46. The number of H-pyrrole nitrogens is 1. The van der Waals surface area contributed by atoms with Crippen LogP contribution in [0.3, 0.4) is 0 Å². The molecule has 0 radical (unpaired) electrons. The lowest BCUT2D eigenvalue weighted by atomic mass is 10.1. The Labute approximate surface area is 147 Å². The Morgan fingerprint density at radius 1 is 1.32 bits per heavy atom. The van der Waals surface area contributed by atoms with Crippen LogP contribution in [-0.2, 0) is 17.8 Å². The van der Waals surface area contributed by atoms with Crippen LogP contribution in [0.1, 0.15) is 29.5 Å². The van der Waals surface area contributed by atoms with Crippen molar-refractivity contribution >= 4 is 5.91 Å². The zero-order chi connectivity index (χ0) is 17.6. The Hall–Kier alpha value is -2.83. The molecule has 0 aromatic carbocycles. The van der Waals surface area contributed by atoms with Crippen LogP contribution in [0.4, 0.5) is 0 Å². The first-order chi connectivity index (χ1) is 12.1. The SMILES string of the molecule is Cc1cc(C)n(CCCNC(=O)C(Cc2cnc[nH]2)n2cccc2)n1. The summed E-state index contributed by atoms with van der Waals surface area (Å²) in [6.07, 6.45) is 8.64. The van der Waals surface area contributed by atoms with Crippen molar-refractivity contribution in [2.24, 2.45) is 0 Å². The molecule has 1 atom stereocenters. The zero-order valence-corrected chi connectivity index (χ0v) is 14.6. The third kappa shape index (κ3) is 4.37. The molecule has 0 aliphatic heterocycles. The first-order valence-electron chi connectivity index (χ1n) is 8.52. The highest BCUT2D eigenvalue weighted by Crippen LogP contribution is 2.13. The van der Waals surface area contributed by atoms with E-state index in [-0.39, 0.29) is 11.9 Å². The highest BCUT2D eigenvalue weighted by molar-refractivity contribution is 5.80. The second-order valence-electron chi connectivity index (χ2n) is 6.22. The number of nitrogens with zero attached hydrogens (tertiary/aromatic N) is 4. The molecule has 25 heavy (non-hydrogen) atoms. The van der Waals surface area contributed by atoms with E-state index in [1.807, 2.05) is 47.6 Å². The molecule has 0 saturated carbocycles. The highest BCUT2D eigenvalue weighted by Gasteiger charge is 2.20. The van der Waals surface area contributed by atoms with E-state index in [4.69, 9.17) is 0 Å². The Bertz CT molecular complexity index is 788. The molecule has 132 valence electrons. The maximum Gasteiger partial charge on any atom is 0.243 e. The van der Waals surface area contributed by atoms with Crippen molar-refractivity contribution in [3.05, 3.63) is 60.2 Å². The average Bonchev–Trinajstić information content (AvgIpc) is 3.32. The van der Waals surface area contributed by atoms with Crippen LogP contribution in [0.15, 0.2) is 43.1 Å². The number of carbonyl (C=O) groups excluding carboxylic acids is 1. The number of aromatic amines is 1. The molecule has 0 aliphatic rings. The van der Waals surface area contributed by atoms with E-state index in [1.54, 1.807) is 12.5 Å². The quantitative estimate of drug-likeness (QED) is 0.616. The van der Waals surface area contributed by atoms with Crippen LogP contribution in [-0.4, -0.2) is 36.8 Å². The monoisotopic (exact) mass is 340 g/mol. The van der Waals surface area contributed by atoms with Crippen LogP contribution >= 0.6 is 0 Å². The summed E-state index contributed by atoms with van der Waals surface area (Å²) in [5, 5.41) is 7.49. The van der Waals surface area contributed by atoms with Gasteiger partial charge in [-0.2, -0.15) is 5.10 Å². The van der Waals surface area contributed by atoms with Gasteiger partial charge in [0.1, 0.15) is 6.04 Å². The predicted molar refractivity (Wildman–Crippen MR) is 95.1 cm³/mol. The zero-order valence-electron chi connectivity index (χ0n) is 14.6. The molecular weight excluding hydrogens is 316 g/mol. The van der Waals surface area contributed by atoms with Gasteiger partial charge in [0.25, 0.3) is 0 Å². The minimum atomic E-state index is -0.288. The van der Waals surface area contributed by atoms with Crippen molar-refractivity contribution in [1.82, 2.24) is 29.6 Å². The largest absolute Gasteiger partial charge is 0.354 e. The lowest BCUT2D eigenvalue weighted by Gasteiger charge is -2.18. The van der Waals surface area contributed by atoms with Gasteiger partial charge < -0.3 is 14.9 Å². The maximum absolute atomic E-state index is 12.7. The number of rotatable bonds is 8. The van der Waals surface area contributed by atoms with E-state index in [1.165, 1.54) is 0 Å². The summed E-state index contributed by atoms with van der Waals surface area (Å²) in [4.78, 5) is 19.8. The molecular formula is C18H24N6O. The smallest absolute Gasteiger partial charge is 0.243 e. The second-order valence-corrected chi connectivity index (χ2v) is 6.22. The van der Waals surface area contributed by atoms with Crippen molar-refractivity contribution in [2.45, 2.75) is 39.3 Å². The third-order valence-corrected chi connectivity index (χ3v) is 4.21.